The molecule has 3 nitrogen and oxygen atoms in total. The van der Waals surface area contributed by atoms with E-state index in [2.05, 4.69) is 0 Å². The molecular formula is C12H9ClN2OS3. The number of hydrogen-bond donors (Lipinski definition) is 0. The summed E-state index contributed by atoms with van der Waals surface area (Å²) in [6, 6.07) is 5.73. The first-order valence-electron chi connectivity index (χ1n) is 5.44. The number of rotatable bonds is 0. The molecule has 7 heteroatoms. The molecule has 1 amide bonds. The van der Waals surface area contributed by atoms with Gasteiger partial charge in [0.1, 0.15) is 9.23 Å². The Kier molecular flexibility index (Phi) is 3.29. The van der Waals surface area contributed by atoms with Crippen LogP contribution < -0.4 is 4.90 Å². The SMILES string of the molecule is CN1C(=O)/C(=C2/Sc3ccc(Cl)cc3N2C)SC1=S. The Bertz CT molecular complexity index is 644. The van der Waals surface area contributed by atoms with Crippen molar-refractivity contribution in [2.45, 2.75) is 4.90 Å². The molecule has 0 bridgehead atoms. The van der Waals surface area contributed by atoms with E-state index in [0.717, 1.165) is 15.6 Å². The van der Waals surface area contributed by atoms with E-state index >= 15 is 0 Å². The smallest absolute Gasteiger partial charge is 0.268 e. The largest absolute Gasteiger partial charge is 0.337 e. The summed E-state index contributed by atoms with van der Waals surface area (Å²) < 4.78 is 0.593. The molecule has 1 saturated heterocycles. The van der Waals surface area contributed by atoms with Gasteiger partial charge in [-0.3, -0.25) is 9.69 Å². The van der Waals surface area contributed by atoms with Gasteiger partial charge in [0.2, 0.25) is 0 Å². The molecule has 0 atom stereocenters. The predicted molar refractivity (Wildman–Crippen MR) is 85.7 cm³/mol. The molecule has 0 radical (unpaired) electrons. The summed E-state index contributed by atoms with van der Waals surface area (Å²) in [5.74, 6) is -0.0387. The second-order valence-corrected chi connectivity index (χ2v) is 7.25. The molecule has 1 fully saturated rings. The van der Waals surface area contributed by atoms with E-state index in [0.29, 0.717) is 14.2 Å². The van der Waals surface area contributed by atoms with E-state index < -0.39 is 0 Å². The number of hydrogen-bond acceptors (Lipinski definition) is 5. The Morgan fingerprint density at radius 1 is 1.21 bits per heavy atom. The van der Waals surface area contributed by atoms with Crippen molar-refractivity contribution in [2.24, 2.45) is 0 Å². The van der Waals surface area contributed by atoms with Crippen molar-refractivity contribution in [1.82, 2.24) is 4.90 Å². The highest BCUT2D eigenvalue weighted by Crippen LogP contribution is 2.50. The third kappa shape index (κ3) is 2.07. The van der Waals surface area contributed by atoms with Crippen molar-refractivity contribution in [3.63, 3.8) is 0 Å². The predicted octanol–water partition coefficient (Wildman–Crippen LogP) is 3.54. The number of thioether (sulfide) groups is 2. The van der Waals surface area contributed by atoms with Gasteiger partial charge in [0.25, 0.3) is 5.91 Å². The fraction of sp³-hybridized carbons (Fsp3) is 0.167. The number of carbonyl (C=O) groups is 1. The maximum Gasteiger partial charge on any atom is 0.268 e. The summed E-state index contributed by atoms with van der Waals surface area (Å²) in [5, 5.41) is 1.61. The minimum absolute atomic E-state index is 0.0387. The lowest BCUT2D eigenvalue weighted by molar-refractivity contribution is -0.121. The number of carbonyl (C=O) groups excluding carboxylic acids is 1. The standard InChI is InChI=1S/C12H9ClN2OS3/c1-14-7-5-6(13)3-4-8(7)18-11(14)9-10(16)15(2)12(17)19-9/h3-5H,1-2H3/b11-9-. The van der Waals surface area contributed by atoms with Crippen LogP contribution in [0.5, 0.6) is 0 Å². The summed E-state index contributed by atoms with van der Waals surface area (Å²) in [6.45, 7) is 0. The molecule has 1 aromatic rings. The van der Waals surface area contributed by atoms with Gasteiger partial charge in [-0.05, 0) is 18.2 Å². The zero-order valence-corrected chi connectivity index (χ0v) is 13.3. The monoisotopic (exact) mass is 328 g/mol. The van der Waals surface area contributed by atoms with Gasteiger partial charge in [-0.2, -0.15) is 0 Å². The molecule has 1 aromatic carbocycles. The second kappa shape index (κ2) is 4.70. The van der Waals surface area contributed by atoms with Crippen LogP contribution in [0, 0.1) is 0 Å². The average Bonchev–Trinajstić information content (AvgIpc) is 2.83. The van der Waals surface area contributed by atoms with Crippen molar-refractivity contribution in [2.75, 3.05) is 19.0 Å². The average molecular weight is 329 g/mol. The van der Waals surface area contributed by atoms with E-state index in [1.54, 1.807) is 18.8 Å². The van der Waals surface area contributed by atoms with Gasteiger partial charge in [0.15, 0.2) is 0 Å². The molecule has 0 aliphatic carbocycles. The number of thiocarbonyl (C=S) groups is 1. The number of benzene rings is 1. The molecule has 2 heterocycles. The Morgan fingerprint density at radius 3 is 2.58 bits per heavy atom. The molecule has 0 aromatic heterocycles. The van der Waals surface area contributed by atoms with Crippen molar-refractivity contribution in [3.05, 3.63) is 33.2 Å². The molecule has 98 valence electrons. The Hall–Kier alpha value is -0.690. The minimum atomic E-state index is -0.0387. The summed E-state index contributed by atoms with van der Waals surface area (Å²) in [4.78, 5) is 17.4. The van der Waals surface area contributed by atoms with E-state index in [9.17, 15) is 4.79 Å². The zero-order valence-electron chi connectivity index (χ0n) is 10.1. The first-order valence-corrected chi connectivity index (χ1v) is 7.86. The highest BCUT2D eigenvalue weighted by Gasteiger charge is 2.36. The molecule has 0 N–H and O–H groups in total. The molecule has 3 rings (SSSR count). The first kappa shape index (κ1) is 13.3. The third-order valence-corrected chi connectivity index (χ3v) is 6.10. The molecule has 19 heavy (non-hydrogen) atoms. The number of fused-ring (bicyclic) bond motifs is 1. The quantitative estimate of drug-likeness (QED) is 0.535. The molecule has 0 saturated carbocycles. The van der Waals surface area contributed by atoms with Crippen LogP contribution in [0.25, 0.3) is 0 Å². The zero-order chi connectivity index (χ0) is 13.7. The maximum atomic E-state index is 12.2. The van der Waals surface area contributed by atoms with Crippen molar-refractivity contribution < 1.29 is 4.79 Å². The lowest BCUT2D eigenvalue weighted by Gasteiger charge is -2.14. The van der Waals surface area contributed by atoms with Gasteiger partial charge in [-0.1, -0.05) is 47.3 Å². The number of anilines is 1. The Labute approximate surface area is 130 Å². The number of likely N-dealkylation sites (N-methyl/N-ethyl adjacent to an activating group) is 1. The summed E-state index contributed by atoms with van der Waals surface area (Å²) in [7, 11) is 3.64. The molecule has 2 aliphatic rings. The summed E-state index contributed by atoms with van der Waals surface area (Å²) in [6.07, 6.45) is 0. The van der Waals surface area contributed by atoms with Gasteiger partial charge in [-0.25, -0.2) is 0 Å². The van der Waals surface area contributed by atoms with Crippen LogP contribution in [-0.2, 0) is 4.79 Å². The minimum Gasteiger partial charge on any atom is -0.337 e. The van der Waals surface area contributed by atoms with Crippen LogP contribution in [0.3, 0.4) is 0 Å². The van der Waals surface area contributed by atoms with Gasteiger partial charge in [0, 0.05) is 24.0 Å². The van der Waals surface area contributed by atoms with Gasteiger partial charge < -0.3 is 4.90 Å². The van der Waals surface area contributed by atoms with Crippen molar-refractivity contribution >= 4 is 63.3 Å². The van der Waals surface area contributed by atoms with Crippen LogP contribution in [0.4, 0.5) is 5.69 Å². The first-order chi connectivity index (χ1) is 8.99. The highest BCUT2D eigenvalue weighted by molar-refractivity contribution is 8.27. The third-order valence-electron chi connectivity index (χ3n) is 2.95. The van der Waals surface area contributed by atoms with Gasteiger partial charge in [-0.15, -0.1) is 0 Å². The Morgan fingerprint density at radius 2 is 1.95 bits per heavy atom. The molecule has 0 spiro atoms. The fourth-order valence-electron chi connectivity index (χ4n) is 1.89. The number of nitrogens with zero attached hydrogens (tertiary/aromatic N) is 2. The van der Waals surface area contributed by atoms with Gasteiger partial charge in [0.05, 0.1) is 10.7 Å². The number of halogens is 1. The Balaban J connectivity index is 2.07. The maximum absolute atomic E-state index is 12.2. The van der Waals surface area contributed by atoms with E-state index in [-0.39, 0.29) is 5.91 Å². The molecular weight excluding hydrogens is 320 g/mol. The number of amides is 1. The lowest BCUT2D eigenvalue weighted by Crippen LogP contribution is -2.23. The normalized spacial score (nSPS) is 22.5. The second-order valence-electron chi connectivity index (χ2n) is 4.14. The molecule has 0 unspecified atom stereocenters. The van der Waals surface area contributed by atoms with Crippen molar-refractivity contribution in [1.29, 1.82) is 0 Å². The summed E-state index contributed by atoms with van der Waals surface area (Å²) in [5.41, 5.74) is 1.02. The van der Waals surface area contributed by atoms with Crippen LogP contribution in [0.1, 0.15) is 0 Å². The fourth-order valence-corrected chi connectivity index (χ4v) is 4.54. The van der Waals surface area contributed by atoms with Crippen LogP contribution in [-0.4, -0.2) is 29.2 Å². The topological polar surface area (TPSA) is 23.6 Å². The van der Waals surface area contributed by atoms with Gasteiger partial charge >= 0.3 is 0 Å². The van der Waals surface area contributed by atoms with Crippen LogP contribution >= 0.6 is 47.3 Å². The van der Waals surface area contributed by atoms with Crippen molar-refractivity contribution in [3.8, 4) is 0 Å². The van der Waals surface area contributed by atoms with E-state index in [1.165, 1.54) is 16.7 Å². The van der Waals surface area contributed by atoms with E-state index in [4.69, 9.17) is 23.8 Å². The molecule has 2 aliphatic heterocycles. The highest BCUT2D eigenvalue weighted by atomic mass is 35.5. The summed E-state index contributed by atoms with van der Waals surface area (Å²) >= 11 is 14.1. The lowest BCUT2D eigenvalue weighted by atomic mass is 10.3. The van der Waals surface area contributed by atoms with Crippen LogP contribution in [0.15, 0.2) is 33.0 Å². The van der Waals surface area contributed by atoms with E-state index in [1.807, 2.05) is 30.1 Å². The van der Waals surface area contributed by atoms with Crippen LogP contribution in [0.2, 0.25) is 5.02 Å².